The Bertz CT molecular complexity index is 1660. The second-order valence-corrected chi connectivity index (χ2v) is 20.8. The van der Waals surface area contributed by atoms with E-state index in [9.17, 15) is 56.2 Å². The van der Waals surface area contributed by atoms with Gasteiger partial charge in [0.2, 0.25) is 0 Å². The van der Waals surface area contributed by atoms with Crippen LogP contribution < -0.4 is 0 Å². The Hall–Kier alpha value is -1.40. The van der Waals surface area contributed by atoms with E-state index in [-0.39, 0.29) is 41.5 Å². The van der Waals surface area contributed by atoms with Gasteiger partial charge in [-0.3, -0.25) is 0 Å². The predicted molar refractivity (Wildman–Crippen MR) is 218 cm³/mol. The molecule has 4 aliphatic carbocycles. The molecule has 0 aromatic heterocycles. The van der Waals surface area contributed by atoms with Crippen LogP contribution in [0.1, 0.15) is 86.0 Å². The smallest absolute Gasteiger partial charge is 0.187 e. The fourth-order valence-electron chi connectivity index (χ4n) is 13.2. The van der Waals surface area contributed by atoms with Crippen LogP contribution in [-0.2, 0) is 33.2 Å². The Labute approximate surface area is 368 Å². The molecule has 7 fully saturated rings. The summed E-state index contributed by atoms with van der Waals surface area (Å²) in [7, 11) is 0. The van der Waals surface area contributed by atoms with Gasteiger partial charge in [0.05, 0.1) is 32.0 Å². The molecule has 0 radical (unpaired) electrons. The Morgan fingerprint density at radius 1 is 0.762 bits per heavy atom. The normalized spacial score (nSPS) is 54.4. The van der Waals surface area contributed by atoms with Crippen molar-refractivity contribution in [1.29, 1.82) is 0 Å². The van der Waals surface area contributed by atoms with Crippen LogP contribution in [-0.4, -0.2) is 186 Å². The van der Waals surface area contributed by atoms with Gasteiger partial charge in [-0.05, 0) is 106 Å². The lowest BCUT2D eigenvalue weighted by atomic mass is 9.46. The van der Waals surface area contributed by atoms with Crippen molar-refractivity contribution >= 4 is 0 Å². The average Bonchev–Trinajstić information content (AvgIpc) is 3.71. The number of ether oxygens (including phenoxy) is 7. The number of fused-ring (bicyclic) bond motifs is 7. The second-order valence-electron chi connectivity index (χ2n) is 20.8. The molecule has 3 saturated carbocycles. The van der Waals surface area contributed by atoms with Gasteiger partial charge < -0.3 is 89.3 Å². The van der Waals surface area contributed by atoms with Crippen LogP contribution in [0, 0.1) is 40.4 Å². The lowest BCUT2D eigenvalue weighted by Crippen LogP contribution is -2.64. The van der Waals surface area contributed by atoms with E-state index >= 15 is 0 Å². The van der Waals surface area contributed by atoms with Crippen LogP contribution in [0.4, 0.5) is 0 Å². The molecule has 0 spiro atoms. The summed E-state index contributed by atoms with van der Waals surface area (Å²) in [6.45, 7) is 9.05. The number of hydrogen-bond acceptors (Lipinski definition) is 18. The zero-order valence-corrected chi connectivity index (χ0v) is 36.9. The zero-order valence-electron chi connectivity index (χ0n) is 36.9. The van der Waals surface area contributed by atoms with E-state index in [2.05, 4.69) is 19.9 Å². The van der Waals surface area contributed by atoms with Gasteiger partial charge in [0.15, 0.2) is 18.9 Å². The van der Waals surface area contributed by atoms with Gasteiger partial charge in [-0.15, -0.1) is 0 Å². The largest absolute Gasteiger partial charge is 0.492 e. The van der Waals surface area contributed by atoms with Crippen molar-refractivity contribution in [1.82, 2.24) is 0 Å². The van der Waals surface area contributed by atoms with Crippen LogP contribution in [0.3, 0.4) is 0 Å². The molecular weight excluding hydrogens is 828 g/mol. The molecule has 8 rings (SSSR count). The van der Waals surface area contributed by atoms with Crippen molar-refractivity contribution < 1.29 is 89.3 Å². The first-order chi connectivity index (χ1) is 29.7. The highest BCUT2D eigenvalue weighted by Gasteiger charge is 2.69. The molecule has 0 unspecified atom stereocenters. The number of aliphatic hydroxyl groups is 11. The van der Waals surface area contributed by atoms with Crippen molar-refractivity contribution in [3.05, 3.63) is 23.5 Å². The van der Waals surface area contributed by atoms with Gasteiger partial charge in [-0.2, -0.15) is 0 Å². The Morgan fingerprint density at radius 2 is 1.41 bits per heavy atom. The van der Waals surface area contributed by atoms with E-state index in [0.717, 1.165) is 32.1 Å². The fourth-order valence-corrected chi connectivity index (χ4v) is 13.2. The fraction of sp³-hybridized carbons (Fsp3) is 0.911. The minimum Gasteiger partial charge on any atom is -0.492 e. The molecule has 0 aromatic carbocycles. The molecular formula is C45H72O18. The van der Waals surface area contributed by atoms with Crippen LogP contribution >= 0.6 is 0 Å². The topological polar surface area (TPSA) is 287 Å². The maximum Gasteiger partial charge on any atom is 0.187 e. The first-order valence-electron chi connectivity index (χ1n) is 23.1. The summed E-state index contributed by atoms with van der Waals surface area (Å²) >= 11 is 0. The predicted octanol–water partition coefficient (Wildman–Crippen LogP) is -0.911. The van der Waals surface area contributed by atoms with Gasteiger partial charge in [-0.25, -0.2) is 0 Å². The Morgan fingerprint density at radius 3 is 2.11 bits per heavy atom. The number of aliphatic hydroxyl groups excluding tert-OH is 10. The van der Waals surface area contributed by atoms with Crippen molar-refractivity contribution in [3.63, 3.8) is 0 Å². The van der Waals surface area contributed by atoms with Crippen molar-refractivity contribution in [2.24, 2.45) is 40.4 Å². The highest BCUT2D eigenvalue weighted by molar-refractivity contribution is 5.29. The Kier molecular flexibility index (Phi) is 13.9. The maximum absolute atomic E-state index is 12.3. The van der Waals surface area contributed by atoms with Gasteiger partial charge in [0.1, 0.15) is 84.6 Å². The summed E-state index contributed by atoms with van der Waals surface area (Å²) in [5.74, 6) is 1.53. The second kappa shape index (κ2) is 18.3. The number of hydrogen-bond donors (Lipinski definition) is 11. The van der Waals surface area contributed by atoms with Crippen molar-refractivity contribution in [2.45, 2.75) is 196 Å². The highest BCUT2D eigenvalue weighted by atomic mass is 16.8. The number of allylic oxidation sites excluding steroid dienone is 2. The molecule has 18 heteroatoms. The molecule has 360 valence electrons. The van der Waals surface area contributed by atoms with Gasteiger partial charge in [-0.1, -0.05) is 32.4 Å². The summed E-state index contributed by atoms with van der Waals surface area (Å²) in [6.07, 6.45) is -10.5. The van der Waals surface area contributed by atoms with E-state index in [4.69, 9.17) is 33.2 Å². The summed E-state index contributed by atoms with van der Waals surface area (Å²) in [4.78, 5) is 0. The third-order valence-electron chi connectivity index (χ3n) is 16.8. The quantitative estimate of drug-likeness (QED) is 0.112. The third-order valence-corrected chi connectivity index (χ3v) is 16.8. The lowest BCUT2D eigenvalue weighted by Gasteiger charge is -2.58. The van der Waals surface area contributed by atoms with Crippen LogP contribution in [0.2, 0.25) is 0 Å². The summed E-state index contributed by atoms with van der Waals surface area (Å²) in [6, 6.07) is 0. The summed E-state index contributed by atoms with van der Waals surface area (Å²) in [5.41, 5.74) is -0.141. The van der Waals surface area contributed by atoms with E-state index in [1.165, 1.54) is 12.5 Å². The summed E-state index contributed by atoms with van der Waals surface area (Å²) < 4.78 is 42.0. The van der Waals surface area contributed by atoms with Gasteiger partial charge >= 0.3 is 0 Å². The monoisotopic (exact) mass is 900 g/mol. The summed E-state index contributed by atoms with van der Waals surface area (Å²) in [5, 5.41) is 115. The molecule has 0 amide bonds. The standard InChI is InChI=1S/C45H72O18/c1-19(18-57-40-36(54)34(52)31(49)27(16-46)61-40)6-9-29-45(5,56)39-26(60-29)15-25-23-8-7-21-14-22(10-12-43(21,3)24(23)11-13-44(25,39)4)59-42-38(35(53)32(50)28(17-47)62-42)63-41-37(55)33(51)30(48)20(2)58-41/h7,9,19-20,22-28,30-42,46-56H,6,8,10-18H2,1-5H3/b29-9+/t19-,20+,22+,23-,24+,25+,26+,27-,28-,30+,31-,32-,33-,34+,35+,36-,37-,38-,39+,40-,41+,42-,43+,44+,45+/m1/s1. The van der Waals surface area contributed by atoms with Crippen LogP contribution in [0.15, 0.2) is 23.5 Å². The van der Waals surface area contributed by atoms with Gasteiger partial charge in [0, 0.05) is 5.92 Å². The van der Waals surface area contributed by atoms with E-state index in [1.807, 2.05) is 19.9 Å². The van der Waals surface area contributed by atoms with Gasteiger partial charge in [0.25, 0.3) is 0 Å². The first-order valence-corrected chi connectivity index (χ1v) is 23.1. The highest BCUT2D eigenvalue weighted by Crippen LogP contribution is 2.70. The Balaban J connectivity index is 0.903. The van der Waals surface area contributed by atoms with E-state index in [0.29, 0.717) is 42.8 Å². The molecule has 25 atom stereocenters. The minimum absolute atomic E-state index is 0.0743. The van der Waals surface area contributed by atoms with Crippen LogP contribution in [0.25, 0.3) is 0 Å². The average molecular weight is 901 g/mol. The SMILES string of the molecule is C[C@H](C/C=C1/O[C@H]2C[C@H]3[C@@H]4CC=C5C[C@@H](O[C@@H]6O[C@H](CO)[C@@H](O)[C@H](O)[C@H]6O[C@@H]6O[C@@H](C)[C@H](O)[C@@H](O)[C@H]6O)CC[C@]5(C)[C@H]4CC[C@]3(C)[C@H]2[C@@]1(C)O)CO[C@@H]1O[C@H](CO)[C@@H](O)[C@H](O)[C@H]1O. The molecule has 0 aromatic rings. The maximum atomic E-state index is 12.3. The first kappa shape index (κ1) is 48.1. The van der Waals surface area contributed by atoms with E-state index < -0.39 is 111 Å². The lowest BCUT2D eigenvalue weighted by molar-refractivity contribution is -0.369. The molecule has 4 heterocycles. The minimum atomic E-state index is -1.65. The van der Waals surface area contributed by atoms with Crippen molar-refractivity contribution in [3.8, 4) is 0 Å². The van der Waals surface area contributed by atoms with Crippen LogP contribution in [0.5, 0.6) is 0 Å². The molecule has 63 heavy (non-hydrogen) atoms. The molecule has 4 aliphatic heterocycles. The number of rotatable bonds is 11. The van der Waals surface area contributed by atoms with Crippen molar-refractivity contribution in [2.75, 3.05) is 19.8 Å². The zero-order chi connectivity index (χ0) is 45.5. The molecule has 18 nitrogen and oxygen atoms in total. The molecule has 11 N–H and O–H groups in total. The van der Waals surface area contributed by atoms with E-state index in [1.54, 1.807) is 0 Å². The molecule has 4 saturated heterocycles. The molecule has 8 aliphatic rings. The molecule has 0 bridgehead atoms. The third kappa shape index (κ3) is 8.38.